The Hall–Kier alpha value is 0.310. The topological polar surface area (TPSA) is 12.0 Å². The van der Waals surface area contributed by atoms with Crippen molar-refractivity contribution in [3.8, 4) is 0 Å². The van der Waals surface area contributed by atoms with Crippen LogP contribution < -0.4 is 5.32 Å². The first-order valence-corrected chi connectivity index (χ1v) is 8.35. The van der Waals surface area contributed by atoms with Gasteiger partial charge in [-0.15, -0.1) is 0 Å². The van der Waals surface area contributed by atoms with Crippen LogP contribution in [0, 0.1) is 11.8 Å². The number of nitrogens with one attached hydrogen (secondary N) is 1. The summed E-state index contributed by atoms with van der Waals surface area (Å²) in [5, 5.41) is 5.16. The van der Waals surface area contributed by atoms with E-state index in [-0.39, 0.29) is 0 Å². The second-order valence-corrected chi connectivity index (χ2v) is 7.61. The monoisotopic (exact) mass is 257 g/mol. The van der Waals surface area contributed by atoms with E-state index >= 15 is 0 Å². The van der Waals surface area contributed by atoms with Crippen LogP contribution in [0.25, 0.3) is 0 Å². The highest BCUT2D eigenvalue weighted by Gasteiger charge is 2.31. The van der Waals surface area contributed by atoms with Crippen LogP contribution in [0.15, 0.2) is 0 Å². The van der Waals surface area contributed by atoms with E-state index in [9.17, 15) is 0 Å². The summed E-state index contributed by atoms with van der Waals surface area (Å²) in [6.45, 7) is 9.41. The van der Waals surface area contributed by atoms with E-state index in [1.165, 1.54) is 32.1 Å². The molecular weight excluding hydrogens is 226 g/mol. The Kier molecular flexibility index (Phi) is 6.94. The predicted molar refractivity (Wildman–Crippen MR) is 80.8 cm³/mol. The van der Waals surface area contributed by atoms with E-state index in [4.69, 9.17) is 0 Å². The van der Waals surface area contributed by atoms with Crippen molar-refractivity contribution >= 4 is 11.8 Å². The third kappa shape index (κ3) is 4.82. The van der Waals surface area contributed by atoms with Gasteiger partial charge in [0.25, 0.3) is 0 Å². The summed E-state index contributed by atoms with van der Waals surface area (Å²) < 4.78 is 0. The predicted octanol–water partition coefficient (Wildman–Crippen LogP) is 4.32. The van der Waals surface area contributed by atoms with E-state index in [2.05, 4.69) is 51.8 Å². The molecule has 0 saturated heterocycles. The van der Waals surface area contributed by atoms with Crippen LogP contribution in [-0.2, 0) is 0 Å². The van der Waals surface area contributed by atoms with Crippen LogP contribution in [0.2, 0.25) is 0 Å². The summed E-state index contributed by atoms with van der Waals surface area (Å²) in [7, 11) is 2.14. The number of thioether (sulfide) groups is 1. The molecule has 0 spiro atoms. The molecule has 1 N–H and O–H groups in total. The van der Waals surface area contributed by atoms with Gasteiger partial charge in [0, 0.05) is 16.5 Å². The van der Waals surface area contributed by atoms with E-state index in [0.29, 0.717) is 0 Å². The molecular formula is C15H31NS. The zero-order chi connectivity index (χ0) is 12.8. The maximum absolute atomic E-state index is 3.54. The zero-order valence-corrected chi connectivity index (χ0v) is 13.1. The van der Waals surface area contributed by atoms with Gasteiger partial charge in [-0.2, -0.15) is 11.8 Å². The molecule has 1 aliphatic rings. The first-order chi connectivity index (χ1) is 8.08. The van der Waals surface area contributed by atoms with E-state index in [1.807, 2.05) is 0 Å². The standard InChI is InChI=1S/C15H31NS/c1-6-7-13-8-9-14(16-5)15(10-13)17-12(4)11(2)3/h11-16H,6-10H2,1-5H3. The van der Waals surface area contributed by atoms with Gasteiger partial charge in [0.15, 0.2) is 0 Å². The molecule has 0 amide bonds. The Bertz CT molecular complexity index is 205. The minimum absolute atomic E-state index is 0.745. The van der Waals surface area contributed by atoms with Gasteiger partial charge in [-0.3, -0.25) is 0 Å². The highest BCUT2D eigenvalue weighted by atomic mass is 32.2. The highest BCUT2D eigenvalue weighted by molar-refractivity contribution is 8.00. The van der Waals surface area contributed by atoms with Gasteiger partial charge in [-0.1, -0.05) is 40.5 Å². The second kappa shape index (κ2) is 7.68. The minimum atomic E-state index is 0.745. The minimum Gasteiger partial charge on any atom is -0.316 e. The van der Waals surface area contributed by atoms with Crippen LogP contribution in [0.5, 0.6) is 0 Å². The molecule has 0 aromatic rings. The smallest absolute Gasteiger partial charge is 0.0206 e. The Morgan fingerprint density at radius 3 is 2.47 bits per heavy atom. The Morgan fingerprint density at radius 1 is 1.24 bits per heavy atom. The van der Waals surface area contributed by atoms with Crippen molar-refractivity contribution < 1.29 is 0 Å². The molecule has 1 rings (SSSR count). The molecule has 4 atom stereocenters. The lowest BCUT2D eigenvalue weighted by Gasteiger charge is -2.37. The SMILES string of the molecule is CCCC1CCC(NC)C(SC(C)C(C)C)C1. The lowest BCUT2D eigenvalue weighted by molar-refractivity contribution is 0.295. The lowest BCUT2D eigenvalue weighted by atomic mass is 9.83. The Labute approximate surface area is 113 Å². The normalized spacial score (nSPS) is 31.8. The van der Waals surface area contributed by atoms with Crippen molar-refractivity contribution in [3.05, 3.63) is 0 Å². The summed E-state index contributed by atoms with van der Waals surface area (Å²) in [4.78, 5) is 0. The lowest BCUT2D eigenvalue weighted by Crippen LogP contribution is -2.41. The Balaban J connectivity index is 2.50. The molecule has 102 valence electrons. The largest absolute Gasteiger partial charge is 0.316 e. The molecule has 0 aliphatic heterocycles. The third-order valence-corrected chi connectivity index (χ3v) is 6.14. The van der Waals surface area contributed by atoms with Crippen molar-refractivity contribution in [2.75, 3.05) is 7.05 Å². The molecule has 2 heteroatoms. The van der Waals surface area contributed by atoms with Gasteiger partial charge < -0.3 is 5.32 Å². The summed E-state index contributed by atoms with van der Waals surface area (Å²) in [5.74, 6) is 1.78. The van der Waals surface area contributed by atoms with Crippen molar-refractivity contribution in [2.45, 2.75) is 76.3 Å². The summed E-state index contributed by atoms with van der Waals surface area (Å²) in [6.07, 6.45) is 7.03. The van der Waals surface area contributed by atoms with E-state index in [1.54, 1.807) is 0 Å². The molecule has 17 heavy (non-hydrogen) atoms. The highest BCUT2D eigenvalue weighted by Crippen LogP contribution is 2.37. The van der Waals surface area contributed by atoms with Gasteiger partial charge in [-0.25, -0.2) is 0 Å². The summed E-state index contributed by atoms with van der Waals surface area (Å²) >= 11 is 2.23. The fourth-order valence-electron chi connectivity index (χ4n) is 2.80. The van der Waals surface area contributed by atoms with Gasteiger partial charge in [0.1, 0.15) is 0 Å². The van der Waals surface area contributed by atoms with Gasteiger partial charge in [0.05, 0.1) is 0 Å². The molecule has 0 heterocycles. The second-order valence-electron chi connectivity index (χ2n) is 5.99. The van der Waals surface area contributed by atoms with E-state index in [0.717, 1.165) is 28.4 Å². The average molecular weight is 257 g/mol. The first-order valence-electron chi connectivity index (χ1n) is 7.41. The van der Waals surface area contributed by atoms with Crippen LogP contribution >= 0.6 is 11.8 Å². The van der Waals surface area contributed by atoms with Crippen LogP contribution in [0.4, 0.5) is 0 Å². The van der Waals surface area contributed by atoms with E-state index < -0.39 is 0 Å². The summed E-state index contributed by atoms with van der Waals surface area (Å²) in [5.41, 5.74) is 0. The number of hydrogen-bond donors (Lipinski definition) is 1. The zero-order valence-electron chi connectivity index (χ0n) is 12.3. The molecule has 0 aromatic heterocycles. The summed E-state index contributed by atoms with van der Waals surface area (Å²) in [6, 6.07) is 0.745. The average Bonchev–Trinajstić information content (AvgIpc) is 2.29. The number of rotatable bonds is 6. The molecule has 0 radical (unpaired) electrons. The van der Waals surface area contributed by atoms with Gasteiger partial charge >= 0.3 is 0 Å². The van der Waals surface area contributed by atoms with Crippen molar-refractivity contribution in [1.82, 2.24) is 5.32 Å². The quantitative estimate of drug-likeness (QED) is 0.760. The molecule has 1 aliphatic carbocycles. The Morgan fingerprint density at radius 2 is 1.94 bits per heavy atom. The van der Waals surface area contributed by atoms with Crippen molar-refractivity contribution in [2.24, 2.45) is 11.8 Å². The van der Waals surface area contributed by atoms with Crippen LogP contribution in [0.1, 0.15) is 59.8 Å². The van der Waals surface area contributed by atoms with Gasteiger partial charge in [-0.05, 0) is 38.1 Å². The molecule has 0 bridgehead atoms. The number of hydrogen-bond acceptors (Lipinski definition) is 2. The first kappa shape index (κ1) is 15.4. The molecule has 4 unspecified atom stereocenters. The fraction of sp³-hybridized carbons (Fsp3) is 1.00. The van der Waals surface area contributed by atoms with Crippen LogP contribution in [-0.4, -0.2) is 23.6 Å². The third-order valence-electron chi connectivity index (χ3n) is 4.30. The fourth-order valence-corrected chi connectivity index (χ4v) is 4.51. The molecule has 1 fully saturated rings. The van der Waals surface area contributed by atoms with Crippen LogP contribution in [0.3, 0.4) is 0 Å². The molecule has 1 saturated carbocycles. The molecule has 1 nitrogen and oxygen atoms in total. The van der Waals surface area contributed by atoms with Crippen molar-refractivity contribution in [3.63, 3.8) is 0 Å². The maximum atomic E-state index is 3.54. The molecule has 0 aromatic carbocycles. The maximum Gasteiger partial charge on any atom is 0.0206 e. The van der Waals surface area contributed by atoms with Gasteiger partial charge in [0.2, 0.25) is 0 Å². The van der Waals surface area contributed by atoms with Crippen molar-refractivity contribution in [1.29, 1.82) is 0 Å².